The molecular weight excluding hydrogens is 255 g/mol. The lowest BCUT2D eigenvalue weighted by Crippen LogP contribution is -2.04. The van der Waals surface area contributed by atoms with Gasteiger partial charge in [-0.2, -0.15) is 5.26 Å². The summed E-state index contributed by atoms with van der Waals surface area (Å²) in [6.07, 6.45) is 0. The van der Waals surface area contributed by atoms with Crippen molar-refractivity contribution < 1.29 is 4.39 Å². The number of aromatic nitrogens is 2. The lowest BCUT2D eigenvalue weighted by molar-refractivity contribution is 0.628. The van der Waals surface area contributed by atoms with E-state index in [0.717, 1.165) is 5.56 Å². The van der Waals surface area contributed by atoms with E-state index in [1.807, 2.05) is 12.1 Å². The second-order valence-corrected chi connectivity index (χ2v) is 4.50. The summed E-state index contributed by atoms with van der Waals surface area (Å²) >= 11 is 0. The van der Waals surface area contributed by atoms with Gasteiger partial charge < -0.3 is 10.3 Å². The second-order valence-electron chi connectivity index (χ2n) is 4.50. The molecule has 0 saturated carbocycles. The predicted octanol–water partition coefficient (Wildman–Crippen LogP) is 2.68. The number of halogens is 1. The fourth-order valence-corrected chi connectivity index (χ4v) is 2.20. The highest BCUT2D eigenvalue weighted by Crippen LogP contribution is 2.20. The standard InChI is InChI=1S/C15H11FN4/c16-12-4-5-13-14(7-12)20(15(18)19-13)9-11-3-1-2-10(6-11)8-17/h1-7H,9H2,(H2,18,19). The molecule has 2 aromatic carbocycles. The fourth-order valence-electron chi connectivity index (χ4n) is 2.20. The molecule has 0 unspecified atom stereocenters. The van der Waals surface area contributed by atoms with Gasteiger partial charge in [0.15, 0.2) is 0 Å². The molecule has 0 radical (unpaired) electrons. The summed E-state index contributed by atoms with van der Waals surface area (Å²) in [6.45, 7) is 0.446. The first-order valence-corrected chi connectivity index (χ1v) is 6.07. The van der Waals surface area contributed by atoms with Crippen molar-refractivity contribution in [2.24, 2.45) is 0 Å². The van der Waals surface area contributed by atoms with Gasteiger partial charge in [-0.15, -0.1) is 0 Å². The maximum atomic E-state index is 13.4. The average Bonchev–Trinajstić information content (AvgIpc) is 2.75. The number of nitrogens with zero attached hydrogens (tertiary/aromatic N) is 3. The van der Waals surface area contributed by atoms with Crippen LogP contribution in [0.15, 0.2) is 42.5 Å². The summed E-state index contributed by atoms with van der Waals surface area (Å²) in [6, 6.07) is 13.7. The number of nitrogens with two attached hydrogens (primary N) is 1. The minimum absolute atomic E-state index is 0.327. The molecule has 0 amide bonds. The number of benzene rings is 2. The van der Waals surface area contributed by atoms with Gasteiger partial charge in [0, 0.05) is 0 Å². The van der Waals surface area contributed by atoms with Crippen molar-refractivity contribution in [3.63, 3.8) is 0 Å². The van der Waals surface area contributed by atoms with E-state index in [2.05, 4.69) is 11.1 Å². The molecule has 2 N–H and O–H groups in total. The largest absolute Gasteiger partial charge is 0.369 e. The van der Waals surface area contributed by atoms with Crippen molar-refractivity contribution in [3.05, 3.63) is 59.4 Å². The summed E-state index contributed by atoms with van der Waals surface area (Å²) < 4.78 is 15.1. The number of anilines is 1. The predicted molar refractivity (Wildman–Crippen MR) is 74.4 cm³/mol. The van der Waals surface area contributed by atoms with Crippen LogP contribution in [-0.4, -0.2) is 9.55 Å². The van der Waals surface area contributed by atoms with Crippen LogP contribution in [0.2, 0.25) is 0 Å². The lowest BCUT2D eigenvalue weighted by Gasteiger charge is -2.07. The van der Waals surface area contributed by atoms with Crippen molar-refractivity contribution in [2.45, 2.75) is 6.54 Å². The summed E-state index contributed by atoms with van der Waals surface area (Å²) in [5.74, 6) is -0.00242. The van der Waals surface area contributed by atoms with Gasteiger partial charge in [0.25, 0.3) is 0 Å². The third-order valence-corrected chi connectivity index (χ3v) is 3.14. The molecule has 0 aliphatic heterocycles. The van der Waals surface area contributed by atoms with Gasteiger partial charge in [-0.1, -0.05) is 12.1 Å². The fraction of sp³-hybridized carbons (Fsp3) is 0.0667. The topological polar surface area (TPSA) is 67.6 Å². The van der Waals surface area contributed by atoms with Crippen molar-refractivity contribution >= 4 is 17.0 Å². The van der Waals surface area contributed by atoms with E-state index in [1.54, 1.807) is 22.8 Å². The van der Waals surface area contributed by atoms with Crippen LogP contribution >= 0.6 is 0 Å². The van der Waals surface area contributed by atoms with Crippen molar-refractivity contribution in [1.82, 2.24) is 9.55 Å². The number of hydrogen-bond donors (Lipinski definition) is 1. The summed E-state index contributed by atoms with van der Waals surface area (Å²) in [7, 11) is 0. The first kappa shape index (κ1) is 12.2. The molecule has 98 valence electrons. The van der Waals surface area contributed by atoms with E-state index in [-0.39, 0.29) is 5.82 Å². The van der Waals surface area contributed by atoms with Crippen LogP contribution in [0.1, 0.15) is 11.1 Å². The Balaban J connectivity index is 2.08. The Bertz CT molecular complexity index is 829. The van der Waals surface area contributed by atoms with Crippen molar-refractivity contribution in [2.75, 3.05) is 5.73 Å². The van der Waals surface area contributed by atoms with Crippen LogP contribution in [0.3, 0.4) is 0 Å². The van der Waals surface area contributed by atoms with E-state index in [9.17, 15) is 4.39 Å². The minimum Gasteiger partial charge on any atom is -0.369 e. The Morgan fingerprint density at radius 2 is 2.10 bits per heavy atom. The first-order valence-electron chi connectivity index (χ1n) is 6.07. The lowest BCUT2D eigenvalue weighted by atomic mass is 10.1. The Kier molecular flexibility index (Phi) is 2.84. The number of nitriles is 1. The Morgan fingerprint density at radius 3 is 2.90 bits per heavy atom. The SMILES string of the molecule is N#Cc1cccc(Cn2c(N)nc3ccc(F)cc32)c1. The normalized spacial score (nSPS) is 10.6. The summed E-state index contributed by atoms with van der Waals surface area (Å²) in [5.41, 5.74) is 8.68. The van der Waals surface area contributed by atoms with E-state index in [4.69, 9.17) is 11.0 Å². The quantitative estimate of drug-likeness (QED) is 0.775. The van der Waals surface area contributed by atoms with Crippen LogP contribution in [0, 0.1) is 17.1 Å². The maximum absolute atomic E-state index is 13.4. The van der Waals surface area contributed by atoms with Gasteiger partial charge in [-0.05, 0) is 35.9 Å². The smallest absolute Gasteiger partial charge is 0.201 e. The number of nitrogen functional groups attached to an aromatic ring is 1. The molecule has 0 spiro atoms. The number of imidazole rings is 1. The number of rotatable bonds is 2. The molecule has 0 atom stereocenters. The zero-order valence-electron chi connectivity index (χ0n) is 10.5. The molecule has 4 nitrogen and oxygen atoms in total. The molecule has 0 saturated heterocycles. The molecule has 3 rings (SSSR count). The van der Waals surface area contributed by atoms with Gasteiger partial charge in [0.05, 0.1) is 29.2 Å². The van der Waals surface area contributed by atoms with E-state index in [1.165, 1.54) is 12.1 Å². The molecule has 20 heavy (non-hydrogen) atoms. The molecule has 5 heteroatoms. The van der Waals surface area contributed by atoms with Crippen LogP contribution in [-0.2, 0) is 6.54 Å². The highest BCUT2D eigenvalue weighted by molar-refractivity contribution is 5.78. The zero-order chi connectivity index (χ0) is 14.1. The Labute approximate surface area is 114 Å². The van der Waals surface area contributed by atoms with Gasteiger partial charge in [0.1, 0.15) is 5.82 Å². The average molecular weight is 266 g/mol. The Morgan fingerprint density at radius 1 is 1.25 bits per heavy atom. The zero-order valence-corrected chi connectivity index (χ0v) is 10.5. The third kappa shape index (κ3) is 2.08. The Hall–Kier alpha value is -2.87. The van der Waals surface area contributed by atoms with Crippen LogP contribution in [0.4, 0.5) is 10.3 Å². The van der Waals surface area contributed by atoms with Crippen LogP contribution < -0.4 is 5.73 Å². The van der Waals surface area contributed by atoms with Crippen molar-refractivity contribution in [1.29, 1.82) is 5.26 Å². The van der Waals surface area contributed by atoms with E-state index in [0.29, 0.717) is 29.1 Å². The summed E-state index contributed by atoms with van der Waals surface area (Å²) in [4.78, 5) is 4.20. The second kappa shape index (κ2) is 4.67. The van der Waals surface area contributed by atoms with E-state index < -0.39 is 0 Å². The molecule has 0 fully saturated rings. The molecule has 3 aromatic rings. The first-order chi connectivity index (χ1) is 9.67. The molecule has 1 heterocycles. The van der Waals surface area contributed by atoms with Gasteiger partial charge >= 0.3 is 0 Å². The van der Waals surface area contributed by atoms with Gasteiger partial charge in [-0.25, -0.2) is 9.37 Å². The summed E-state index contributed by atoms with van der Waals surface area (Å²) in [5, 5.41) is 8.91. The number of hydrogen-bond acceptors (Lipinski definition) is 3. The van der Waals surface area contributed by atoms with Gasteiger partial charge in [0.2, 0.25) is 5.95 Å². The van der Waals surface area contributed by atoms with E-state index >= 15 is 0 Å². The molecular formula is C15H11FN4. The van der Waals surface area contributed by atoms with Crippen molar-refractivity contribution in [3.8, 4) is 6.07 Å². The highest BCUT2D eigenvalue weighted by Gasteiger charge is 2.09. The van der Waals surface area contributed by atoms with Gasteiger partial charge in [-0.3, -0.25) is 0 Å². The number of fused-ring (bicyclic) bond motifs is 1. The minimum atomic E-state index is -0.329. The monoisotopic (exact) mass is 266 g/mol. The molecule has 1 aromatic heterocycles. The van der Waals surface area contributed by atoms with Crippen LogP contribution in [0.25, 0.3) is 11.0 Å². The molecule has 0 aliphatic rings. The maximum Gasteiger partial charge on any atom is 0.201 e. The molecule has 0 aliphatic carbocycles. The third-order valence-electron chi connectivity index (χ3n) is 3.14. The van der Waals surface area contributed by atoms with Crippen LogP contribution in [0.5, 0.6) is 0 Å². The molecule has 0 bridgehead atoms. The highest BCUT2D eigenvalue weighted by atomic mass is 19.1.